The number of nitrogens with two attached hydrogens (primary N) is 1. The van der Waals surface area contributed by atoms with Gasteiger partial charge in [0, 0.05) is 31.1 Å². The molecule has 2 aliphatic rings. The van der Waals surface area contributed by atoms with Crippen LogP contribution in [0.1, 0.15) is 11.8 Å². The average Bonchev–Trinajstić information content (AvgIpc) is 3.33. The van der Waals surface area contributed by atoms with Gasteiger partial charge in [0.25, 0.3) is 11.8 Å². The third kappa shape index (κ3) is 3.67. The van der Waals surface area contributed by atoms with Gasteiger partial charge in [0.2, 0.25) is 10.0 Å². The van der Waals surface area contributed by atoms with Gasteiger partial charge in [-0.15, -0.1) is 11.3 Å². The van der Waals surface area contributed by atoms with Crippen molar-refractivity contribution in [3.8, 4) is 0 Å². The molecule has 1 aromatic heterocycles. The summed E-state index contributed by atoms with van der Waals surface area (Å²) in [4.78, 5) is 32.8. The van der Waals surface area contributed by atoms with Crippen LogP contribution in [-0.4, -0.2) is 62.8 Å². The molecule has 1 saturated heterocycles. The number of piperazine rings is 1. The van der Waals surface area contributed by atoms with Gasteiger partial charge < -0.3 is 9.80 Å². The Morgan fingerprint density at radius 1 is 1.00 bits per heavy atom. The minimum Gasteiger partial charge on any atom is -0.364 e. The monoisotopic (exact) mass is 446 g/mol. The molecule has 158 valence electrons. The van der Waals surface area contributed by atoms with E-state index in [9.17, 15) is 18.0 Å². The number of nitrogens with zero attached hydrogens (tertiary/aromatic N) is 3. The second-order valence-corrected chi connectivity index (χ2v) is 9.62. The number of thiophene rings is 1. The number of anilines is 1. The highest BCUT2D eigenvalue weighted by molar-refractivity contribution is 7.89. The van der Waals surface area contributed by atoms with Crippen LogP contribution in [0, 0.1) is 0 Å². The molecule has 0 radical (unpaired) electrons. The molecule has 0 atom stereocenters. The van der Waals surface area contributed by atoms with E-state index in [0.29, 0.717) is 30.0 Å². The molecule has 0 aliphatic carbocycles. The van der Waals surface area contributed by atoms with Crippen LogP contribution in [-0.2, 0) is 19.6 Å². The molecule has 10 heteroatoms. The molecule has 2 aliphatic heterocycles. The molecule has 30 heavy (non-hydrogen) atoms. The predicted octanol–water partition coefficient (Wildman–Crippen LogP) is 1.32. The molecule has 8 nitrogen and oxygen atoms in total. The molecule has 0 spiro atoms. The van der Waals surface area contributed by atoms with Crippen molar-refractivity contribution in [2.24, 2.45) is 5.14 Å². The molecule has 1 aromatic carbocycles. The zero-order valence-electron chi connectivity index (χ0n) is 16.4. The molecular formula is C20H22N4O4S2. The fraction of sp³-hybridized carbons (Fsp3) is 0.300. The summed E-state index contributed by atoms with van der Waals surface area (Å²) in [6.45, 7) is 6.01. The molecule has 1 fully saturated rings. The summed E-state index contributed by atoms with van der Waals surface area (Å²) in [5, 5.41) is 7.02. The lowest BCUT2D eigenvalue weighted by molar-refractivity contribution is -0.120. The number of carbonyl (C=O) groups is 2. The first-order valence-corrected chi connectivity index (χ1v) is 12.0. The van der Waals surface area contributed by atoms with Gasteiger partial charge in [-0.2, -0.15) is 0 Å². The van der Waals surface area contributed by atoms with Gasteiger partial charge in [-0.3, -0.25) is 9.59 Å². The third-order valence-corrected chi connectivity index (χ3v) is 7.20. The Balaban J connectivity index is 1.72. The van der Waals surface area contributed by atoms with Gasteiger partial charge in [-0.25, -0.2) is 18.5 Å². The topological polar surface area (TPSA) is 104 Å². The first-order valence-electron chi connectivity index (χ1n) is 9.58. The predicted molar refractivity (Wildman–Crippen MR) is 115 cm³/mol. The van der Waals surface area contributed by atoms with Gasteiger partial charge in [0.05, 0.1) is 16.2 Å². The zero-order valence-corrected chi connectivity index (χ0v) is 18.1. The molecule has 2 amide bonds. The van der Waals surface area contributed by atoms with Crippen molar-refractivity contribution < 1.29 is 18.0 Å². The van der Waals surface area contributed by atoms with Crippen LogP contribution in [0.5, 0.6) is 0 Å². The van der Waals surface area contributed by atoms with E-state index in [1.165, 1.54) is 35.6 Å². The lowest BCUT2D eigenvalue weighted by atomic mass is 10.1. The maximum atomic E-state index is 13.4. The summed E-state index contributed by atoms with van der Waals surface area (Å²) in [5.41, 5.74) is 1.12. The normalized spacial score (nSPS) is 18.6. The van der Waals surface area contributed by atoms with Gasteiger partial charge in [-0.1, -0.05) is 13.0 Å². The molecule has 0 bridgehead atoms. The number of sulfonamides is 1. The lowest BCUT2D eigenvalue weighted by Gasteiger charge is -2.35. The van der Waals surface area contributed by atoms with Crippen LogP contribution < -0.4 is 10.0 Å². The first-order chi connectivity index (χ1) is 14.3. The van der Waals surface area contributed by atoms with Crippen molar-refractivity contribution in [3.05, 3.63) is 52.4 Å². The van der Waals surface area contributed by atoms with Crippen molar-refractivity contribution >= 4 is 44.4 Å². The number of rotatable bonds is 5. The largest absolute Gasteiger partial charge is 0.364 e. The first kappa shape index (κ1) is 20.7. The minimum absolute atomic E-state index is 0.0762. The second kappa shape index (κ2) is 7.95. The fourth-order valence-electron chi connectivity index (χ4n) is 3.76. The Labute approximate surface area is 179 Å². The van der Waals surface area contributed by atoms with Crippen molar-refractivity contribution in [2.75, 3.05) is 37.6 Å². The minimum atomic E-state index is -3.86. The van der Waals surface area contributed by atoms with E-state index in [1.807, 2.05) is 22.4 Å². The smallest absolute Gasteiger partial charge is 0.282 e. The molecule has 2 N–H and O–H groups in total. The summed E-state index contributed by atoms with van der Waals surface area (Å²) in [6, 6.07) is 9.14. The Hall–Kier alpha value is -2.53. The van der Waals surface area contributed by atoms with Crippen molar-refractivity contribution in [2.45, 2.75) is 11.8 Å². The molecule has 4 rings (SSSR count). The Bertz CT molecular complexity index is 1100. The maximum absolute atomic E-state index is 13.4. The van der Waals surface area contributed by atoms with Crippen LogP contribution >= 0.6 is 11.3 Å². The number of amides is 2. The number of carbonyl (C=O) groups excluding carboxylic acids is 2. The van der Waals surface area contributed by atoms with E-state index >= 15 is 0 Å². The highest BCUT2D eigenvalue weighted by atomic mass is 32.2. The van der Waals surface area contributed by atoms with Crippen molar-refractivity contribution in [1.82, 2.24) is 9.80 Å². The summed E-state index contributed by atoms with van der Waals surface area (Å²) in [6.07, 6.45) is 0. The van der Waals surface area contributed by atoms with Crippen molar-refractivity contribution in [3.63, 3.8) is 0 Å². The van der Waals surface area contributed by atoms with Crippen LogP contribution in [0.4, 0.5) is 5.69 Å². The van der Waals surface area contributed by atoms with E-state index in [4.69, 9.17) is 5.14 Å². The van der Waals surface area contributed by atoms with Gasteiger partial charge in [0.1, 0.15) is 5.70 Å². The Morgan fingerprint density at radius 3 is 2.20 bits per heavy atom. The quantitative estimate of drug-likeness (QED) is 0.695. The lowest BCUT2D eigenvalue weighted by Crippen LogP contribution is -2.47. The maximum Gasteiger partial charge on any atom is 0.282 e. The molecular weight excluding hydrogens is 424 g/mol. The van der Waals surface area contributed by atoms with Gasteiger partial charge in [-0.05, 0) is 42.3 Å². The Morgan fingerprint density at radius 2 is 1.67 bits per heavy atom. The number of imide groups is 1. The van der Waals surface area contributed by atoms with Crippen LogP contribution in [0.25, 0.3) is 5.57 Å². The molecule has 0 unspecified atom stereocenters. The SMILES string of the molecule is CCN1CCN(C2=C(c3cccs3)C(=O)N(c3ccc(S(N)(=O)=O)cc3)C2=O)CC1. The van der Waals surface area contributed by atoms with Gasteiger partial charge >= 0.3 is 0 Å². The van der Waals surface area contributed by atoms with E-state index in [0.717, 1.165) is 29.4 Å². The second-order valence-electron chi connectivity index (χ2n) is 7.11. The van der Waals surface area contributed by atoms with Crippen LogP contribution in [0.3, 0.4) is 0 Å². The summed E-state index contributed by atoms with van der Waals surface area (Å²) in [7, 11) is -3.86. The summed E-state index contributed by atoms with van der Waals surface area (Å²) < 4.78 is 23.0. The van der Waals surface area contributed by atoms with E-state index in [2.05, 4.69) is 11.8 Å². The van der Waals surface area contributed by atoms with Gasteiger partial charge in [0.15, 0.2) is 0 Å². The number of hydrogen-bond donors (Lipinski definition) is 1. The third-order valence-electron chi connectivity index (χ3n) is 5.39. The number of likely N-dealkylation sites (N-methyl/N-ethyl adjacent to an activating group) is 1. The molecule has 0 saturated carbocycles. The van der Waals surface area contributed by atoms with Crippen LogP contribution in [0.2, 0.25) is 0 Å². The van der Waals surface area contributed by atoms with Crippen molar-refractivity contribution in [1.29, 1.82) is 0 Å². The van der Waals surface area contributed by atoms with E-state index in [1.54, 1.807) is 0 Å². The summed E-state index contributed by atoms with van der Waals surface area (Å²) >= 11 is 1.41. The van der Waals surface area contributed by atoms with E-state index < -0.39 is 21.8 Å². The Kier molecular flexibility index (Phi) is 5.49. The molecule has 3 heterocycles. The fourth-order valence-corrected chi connectivity index (χ4v) is 5.04. The standard InChI is InChI=1S/C20H22N4O4S2/c1-2-22-9-11-23(12-10-22)18-17(16-4-3-13-29-16)19(25)24(20(18)26)14-5-7-15(8-6-14)30(21,27)28/h3-8,13H,2,9-12H2,1H3,(H2,21,27,28). The highest BCUT2D eigenvalue weighted by Gasteiger charge is 2.43. The number of benzene rings is 1. The number of hydrogen-bond acceptors (Lipinski definition) is 7. The van der Waals surface area contributed by atoms with Crippen LogP contribution in [0.15, 0.2) is 52.4 Å². The average molecular weight is 447 g/mol. The zero-order chi connectivity index (χ0) is 21.5. The molecule has 2 aromatic rings. The number of primary sulfonamides is 1. The highest BCUT2D eigenvalue weighted by Crippen LogP contribution is 2.37. The van der Waals surface area contributed by atoms with E-state index in [-0.39, 0.29) is 4.90 Å². The summed E-state index contributed by atoms with van der Waals surface area (Å²) in [5.74, 6) is -0.796.